The van der Waals surface area contributed by atoms with E-state index in [2.05, 4.69) is 45.1 Å². The van der Waals surface area contributed by atoms with E-state index in [-0.39, 0.29) is 16.9 Å². The van der Waals surface area contributed by atoms with Crippen LogP contribution in [0.4, 0.5) is 40.7 Å². The van der Waals surface area contributed by atoms with Crippen molar-refractivity contribution in [1.29, 1.82) is 0 Å². The first kappa shape index (κ1) is 23.7. The molecule has 10 heteroatoms. The number of hydrogen-bond acceptors (Lipinski definition) is 4. The van der Waals surface area contributed by atoms with E-state index >= 15 is 0 Å². The lowest BCUT2D eigenvalue weighted by Gasteiger charge is -2.25. The van der Waals surface area contributed by atoms with E-state index in [9.17, 15) is 23.1 Å². The Balaban J connectivity index is 1.56. The number of nitrogens with one attached hydrogen (secondary N) is 2. The summed E-state index contributed by atoms with van der Waals surface area (Å²) in [6.07, 6.45) is -4.79. The van der Waals surface area contributed by atoms with E-state index in [4.69, 9.17) is 0 Å². The summed E-state index contributed by atoms with van der Waals surface area (Å²) in [6, 6.07) is 14.9. The summed E-state index contributed by atoms with van der Waals surface area (Å²) in [5.74, 6) is -0.255. The first-order valence-corrected chi connectivity index (χ1v) is 11.1. The van der Waals surface area contributed by atoms with Gasteiger partial charge in [-0.05, 0) is 48.5 Å². The van der Waals surface area contributed by atoms with Crippen molar-refractivity contribution in [3.05, 3.63) is 70.7 Å². The van der Waals surface area contributed by atoms with Crippen LogP contribution in [0.1, 0.15) is 19.4 Å². The van der Waals surface area contributed by atoms with E-state index in [1.165, 1.54) is 12.1 Å². The Kier molecular flexibility index (Phi) is 6.11. The van der Waals surface area contributed by atoms with Gasteiger partial charge >= 0.3 is 12.4 Å². The predicted octanol–water partition coefficient (Wildman–Crippen LogP) is 7.13. The first-order chi connectivity index (χ1) is 15.9. The third-order valence-corrected chi connectivity index (χ3v) is 6.06. The molecule has 0 saturated heterocycles. The van der Waals surface area contributed by atoms with E-state index in [0.717, 1.165) is 22.2 Å². The number of benzene rings is 3. The van der Waals surface area contributed by atoms with E-state index in [0.29, 0.717) is 29.3 Å². The van der Waals surface area contributed by atoms with E-state index in [1.807, 2.05) is 23.1 Å². The maximum absolute atomic E-state index is 12.6. The van der Waals surface area contributed by atoms with Crippen LogP contribution in [0.2, 0.25) is 0 Å². The van der Waals surface area contributed by atoms with Gasteiger partial charge in [0.05, 0.1) is 17.1 Å². The van der Waals surface area contributed by atoms with E-state index in [1.54, 1.807) is 18.2 Å². The van der Waals surface area contributed by atoms with Crippen LogP contribution in [0.15, 0.2) is 65.1 Å². The summed E-state index contributed by atoms with van der Waals surface area (Å²) >= 11 is 3.59. The number of carbonyl (C=O) groups is 1. The minimum absolute atomic E-state index is 0.129. The number of rotatable bonds is 4. The smallest absolute Gasteiger partial charge is 0.506 e. The zero-order valence-electron chi connectivity index (χ0n) is 18.2. The first-order valence-electron chi connectivity index (χ1n) is 10.3. The van der Waals surface area contributed by atoms with Crippen molar-refractivity contribution < 1.29 is 27.8 Å². The summed E-state index contributed by atoms with van der Waals surface area (Å²) in [5, 5.41) is 16.0. The Bertz CT molecular complexity index is 1230. The average Bonchev–Trinajstić information content (AvgIpc) is 3.04. The fraction of sp³-hybridized carbons (Fsp3) is 0.208. The molecule has 3 aromatic rings. The number of ether oxygens (including phenoxy) is 1. The number of anilines is 4. The van der Waals surface area contributed by atoms with Crippen molar-refractivity contribution >= 4 is 44.7 Å². The van der Waals surface area contributed by atoms with Gasteiger partial charge in [0.15, 0.2) is 0 Å². The highest BCUT2D eigenvalue weighted by molar-refractivity contribution is 9.10. The lowest BCUT2D eigenvalue weighted by molar-refractivity contribution is -0.274. The van der Waals surface area contributed by atoms with Crippen LogP contribution < -0.4 is 20.3 Å². The number of phenolic OH excluding ortho intramolecular Hbond substituents is 1. The molecule has 0 fully saturated rings. The fourth-order valence-electron chi connectivity index (χ4n) is 4.07. The van der Waals surface area contributed by atoms with Crippen molar-refractivity contribution in [1.82, 2.24) is 0 Å². The Morgan fingerprint density at radius 3 is 2.41 bits per heavy atom. The Labute approximate surface area is 202 Å². The van der Waals surface area contributed by atoms with Gasteiger partial charge in [0.25, 0.3) is 0 Å². The van der Waals surface area contributed by atoms with Crippen molar-refractivity contribution in [3.8, 4) is 11.5 Å². The van der Waals surface area contributed by atoms with Crippen molar-refractivity contribution in [2.45, 2.75) is 25.6 Å². The van der Waals surface area contributed by atoms with Gasteiger partial charge in [0.1, 0.15) is 11.5 Å². The third kappa shape index (κ3) is 4.91. The number of urea groups is 1. The molecule has 34 heavy (non-hydrogen) atoms. The van der Waals surface area contributed by atoms with Crippen molar-refractivity contribution in [2.75, 3.05) is 22.1 Å². The number of halogens is 4. The van der Waals surface area contributed by atoms with Gasteiger partial charge in [-0.1, -0.05) is 41.9 Å². The second kappa shape index (κ2) is 8.75. The number of fused-ring (bicyclic) bond motifs is 1. The molecule has 178 valence electrons. The second-order valence-electron chi connectivity index (χ2n) is 8.43. The topological polar surface area (TPSA) is 73.8 Å². The van der Waals surface area contributed by atoms with Crippen LogP contribution in [-0.2, 0) is 5.41 Å². The Hall–Kier alpha value is -3.40. The Morgan fingerprint density at radius 1 is 1.06 bits per heavy atom. The standard InChI is InChI=1S/C24H21BrF3N3O3/c1-23(2)13-31(21-19(32)12-11-16(25)20(21)23)18-6-4-3-5-17(18)30-22(33)29-14-7-9-15(10-8-14)34-24(26,27)28/h3-12,32H,13H2,1-2H3,(H2,29,30,33). The largest absolute Gasteiger partial charge is 0.573 e. The van der Waals surface area contributed by atoms with Crippen LogP contribution in [0.25, 0.3) is 0 Å². The number of carbonyl (C=O) groups excluding carboxylic acids is 1. The molecular weight excluding hydrogens is 515 g/mol. The average molecular weight is 536 g/mol. The highest BCUT2D eigenvalue weighted by Crippen LogP contribution is 2.52. The fourth-order valence-corrected chi connectivity index (χ4v) is 4.93. The summed E-state index contributed by atoms with van der Waals surface area (Å²) in [4.78, 5) is 14.6. The second-order valence-corrected chi connectivity index (χ2v) is 9.28. The number of alkyl halides is 3. The van der Waals surface area contributed by atoms with Gasteiger partial charge in [-0.15, -0.1) is 13.2 Å². The molecule has 3 aromatic carbocycles. The summed E-state index contributed by atoms with van der Waals surface area (Å²) < 4.78 is 41.7. The molecule has 3 N–H and O–H groups in total. The van der Waals surface area contributed by atoms with Crippen LogP contribution >= 0.6 is 15.9 Å². The molecule has 2 amide bonds. The van der Waals surface area contributed by atoms with Gasteiger partial charge in [-0.2, -0.15) is 0 Å². The number of nitrogens with zero attached hydrogens (tertiary/aromatic N) is 1. The molecule has 0 atom stereocenters. The van der Waals surface area contributed by atoms with Crippen molar-refractivity contribution in [3.63, 3.8) is 0 Å². The summed E-state index contributed by atoms with van der Waals surface area (Å²) in [7, 11) is 0. The minimum Gasteiger partial charge on any atom is -0.506 e. The van der Waals surface area contributed by atoms with Gasteiger partial charge in [0.2, 0.25) is 0 Å². The zero-order chi connectivity index (χ0) is 24.7. The molecule has 1 aliphatic rings. The highest BCUT2D eigenvalue weighted by atomic mass is 79.9. The maximum atomic E-state index is 12.6. The maximum Gasteiger partial charge on any atom is 0.573 e. The molecule has 6 nitrogen and oxygen atoms in total. The van der Waals surface area contributed by atoms with Crippen LogP contribution in [-0.4, -0.2) is 24.0 Å². The van der Waals surface area contributed by atoms with Gasteiger partial charge < -0.3 is 25.4 Å². The molecule has 1 aliphatic heterocycles. The SMILES string of the molecule is CC1(C)CN(c2ccccc2NC(=O)Nc2ccc(OC(F)(F)F)cc2)c2c(O)ccc(Br)c21. The Morgan fingerprint density at radius 2 is 1.74 bits per heavy atom. The third-order valence-electron chi connectivity index (χ3n) is 5.39. The number of hydrogen-bond donors (Lipinski definition) is 3. The molecule has 0 spiro atoms. The number of amides is 2. The predicted molar refractivity (Wildman–Crippen MR) is 128 cm³/mol. The van der Waals surface area contributed by atoms with Gasteiger partial charge in [-0.25, -0.2) is 4.79 Å². The normalized spacial score (nSPS) is 14.5. The van der Waals surface area contributed by atoms with Crippen LogP contribution in [0.3, 0.4) is 0 Å². The molecule has 0 aliphatic carbocycles. The monoisotopic (exact) mass is 535 g/mol. The van der Waals surface area contributed by atoms with Gasteiger partial charge in [-0.3, -0.25) is 0 Å². The number of phenols is 1. The quantitative estimate of drug-likeness (QED) is 0.332. The molecule has 0 bridgehead atoms. The van der Waals surface area contributed by atoms with Crippen molar-refractivity contribution in [2.24, 2.45) is 0 Å². The highest BCUT2D eigenvalue weighted by Gasteiger charge is 2.40. The molecular formula is C24H21BrF3N3O3. The lowest BCUT2D eigenvalue weighted by atomic mass is 9.87. The number of aromatic hydroxyl groups is 1. The molecule has 1 heterocycles. The molecule has 4 rings (SSSR count). The van der Waals surface area contributed by atoms with E-state index < -0.39 is 12.4 Å². The molecule has 0 saturated carbocycles. The summed E-state index contributed by atoms with van der Waals surface area (Å²) in [6.45, 7) is 4.72. The molecule has 0 radical (unpaired) electrons. The summed E-state index contributed by atoms with van der Waals surface area (Å²) in [5.41, 5.74) is 2.83. The lowest BCUT2D eigenvalue weighted by Crippen LogP contribution is -2.27. The molecule has 0 aromatic heterocycles. The molecule has 0 unspecified atom stereocenters. The van der Waals surface area contributed by atoms with Gasteiger partial charge in [0, 0.05) is 27.7 Å². The van der Waals surface area contributed by atoms with Crippen LogP contribution in [0, 0.1) is 0 Å². The number of para-hydroxylation sites is 2. The zero-order valence-corrected chi connectivity index (χ0v) is 19.8. The minimum atomic E-state index is -4.79. The van der Waals surface area contributed by atoms with Crippen LogP contribution in [0.5, 0.6) is 11.5 Å².